The Morgan fingerprint density at radius 1 is 1.12 bits per heavy atom. The lowest BCUT2D eigenvalue weighted by atomic mass is 10.1. The van der Waals surface area contributed by atoms with Gasteiger partial charge in [-0.3, -0.25) is 4.99 Å². The van der Waals surface area contributed by atoms with Crippen LogP contribution in [-0.4, -0.2) is 50.9 Å². The number of aliphatic imine (C=N–C) groups is 1. The minimum absolute atomic E-state index is 0.153. The molecule has 0 bridgehead atoms. The quantitative estimate of drug-likeness (QED) is 0.522. The first-order valence-corrected chi connectivity index (χ1v) is 13.1. The van der Waals surface area contributed by atoms with Crippen LogP contribution in [0.2, 0.25) is 0 Å². The smallest absolute Gasteiger partial charge is 0.162 e. The summed E-state index contributed by atoms with van der Waals surface area (Å²) in [5.74, 6) is 0.228. The molecule has 1 atom stereocenters. The average Bonchev–Trinajstić information content (AvgIpc) is 3.31. The Bertz CT molecular complexity index is 1250. The van der Waals surface area contributed by atoms with Gasteiger partial charge in [0.05, 0.1) is 17.8 Å². The summed E-state index contributed by atoms with van der Waals surface area (Å²) in [7, 11) is 0.453. The lowest BCUT2D eigenvalue weighted by molar-refractivity contribution is 0.281. The van der Waals surface area contributed by atoms with Crippen LogP contribution in [0.3, 0.4) is 0 Å². The third-order valence-corrected chi connectivity index (χ3v) is 10.7. The van der Waals surface area contributed by atoms with Crippen LogP contribution in [0, 0.1) is 5.82 Å². The molecule has 8 heteroatoms. The van der Waals surface area contributed by atoms with Crippen LogP contribution >= 0.6 is 10.0 Å². The van der Waals surface area contributed by atoms with Gasteiger partial charge in [0.1, 0.15) is 5.82 Å². The number of nitrogens with zero attached hydrogens (tertiary/aromatic N) is 4. The zero-order valence-corrected chi connectivity index (χ0v) is 19.9. The molecule has 34 heavy (non-hydrogen) atoms. The Balaban J connectivity index is 1.63. The molecule has 1 aromatic heterocycles. The van der Waals surface area contributed by atoms with Crippen molar-refractivity contribution in [1.29, 1.82) is 0 Å². The van der Waals surface area contributed by atoms with Gasteiger partial charge in [-0.25, -0.2) is 14.4 Å². The fourth-order valence-electron chi connectivity index (χ4n) is 4.88. The van der Waals surface area contributed by atoms with Crippen molar-refractivity contribution >= 4 is 26.2 Å². The van der Waals surface area contributed by atoms with Gasteiger partial charge in [0.25, 0.3) is 0 Å². The second-order valence-corrected chi connectivity index (χ2v) is 11.9. The SMILES string of the molecule is CN1CCC(S2(c3ccc(F)cc3)C=NC=C2c2ccnc(-c3c(N)cccc3CO)n2)CC1. The van der Waals surface area contributed by atoms with Crippen molar-refractivity contribution in [2.75, 3.05) is 25.9 Å². The average molecular weight is 478 g/mol. The predicted molar refractivity (Wildman–Crippen MR) is 137 cm³/mol. The molecule has 0 radical (unpaired) electrons. The molecule has 5 rings (SSSR count). The highest BCUT2D eigenvalue weighted by Gasteiger charge is 2.42. The van der Waals surface area contributed by atoms with E-state index in [2.05, 4.69) is 27.5 Å². The molecule has 176 valence electrons. The van der Waals surface area contributed by atoms with E-state index < -0.39 is 10.0 Å². The third-order valence-electron chi connectivity index (χ3n) is 6.66. The lowest BCUT2D eigenvalue weighted by Gasteiger charge is -2.46. The molecular formula is C26H28FN5OS. The van der Waals surface area contributed by atoms with Gasteiger partial charge in [-0.05, 0) is 79.8 Å². The van der Waals surface area contributed by atoms with Crippen LogP contribution in [0.1, 0.15) is 24.1 Å². The van der Waals surface area contributed by atoms with E-state index in [1.165, 1.54) is 12.1 Å². The van der Waals surface area contributed by atoms with Crippen LogP contribution in [0.15, 0.2) is 70.8 Å². The predicted octanol–water partition coefficient (Wildman–Crippen LogP) is 4.66. The highest BCUT2D eigenvalue weighted by molar-refractivity contribution is 8.51. The summed E-state index contributed by atoms with van der Waals surface area (Å²) in [5, 5.41) is 10.2. The molecule has 3 aromatic rings. The molecule has 0 amide bonds. The Labute approximate surface area is 200 Å². The molecule has 0 aliphatic carbocycles. The van der Waals surface area contributed by atoms with Crippen molar-refractivity contribution in [3.8, 4) is 11.4 Å². The first-order valence-electron chi connectivity index (χ1n) is 11.3. The van der Waals surface area contributed by atoms with Crippen molar-refractivity contribution < 1.29 is 9.50 Å². The van der Waals surface area contributed by atoms with Crippen molar-refractivity contribution in [2.45, 2.75) is 29.6 Å². The second-order valence-electron chi connectivity index (χ2n) is 8.72. The standard InChI is InChI=1S/C26H28FN5OS/c1-32-13-10-21(11-14-32)34(20-7-5-19(27)6-8-20)17-29-15-24(34)23-9-12-30-26(31-23)25-18(16-33)3-2-4-22(25)28/h2-9,12,15,17,21,33H,10-11,13-14,16,28H2,1H3. The molecular weight excluding hydrogens is 449 g/mol. The van der Waals surface area contributed by atoms with Gasteiger partial charge in [0, 0.05) is 33.8 Å². The van der Waals surface area contributed by atoms with Crippen molar-refractivity contribution in [3.63, 3.8) is 0 Å². The van der Waals surface area contributed by atoms with Crippen LogP contribution in [-0.2, 0) is 6.61 Å². The molecule has 1 saturated heterocycles. The zero-order valence-electron chi connectivity index (χ0n) is 19.1. The van der Waals surface area contributed by atoms with Gasteiger partial charge in [-0.15, -0.1) is 10.0 Å². The lowest BCUT2D eigenvalue weighted by Crippen LogP contribution is -2.36. The maximum atomic E-state index is 13.9. The van der Waals surface area contributed by atoms with Crippen LogP contribution in [0.4, 0.5) is 10.1 Å². The van der Waals surface area contributed by atoms with Crippen molar-refractivity contribution in [3.05, 3.63) is 78.0 Å². The number of aliphatic hydroxyl groups is 1. The maximum Gasteiger partial charge on any atom is 0.162 e. The molecule has 1 fully saturated rings. The summed E-state index contributed by atoms with van der Waals surface area (Å²) in [6, 6.07) is 14.2. The fourth-order valence-corrected chi connectivity index (χ4v) is 8.77. The van der Waals surface area contributed by atoms with E-state index in [1.807, 2.05) is 36.5 Å². The number of anilines is 1. The Kier molecular flexibility index (Phi) is 6.20. The number of likely N-dealkylation sites (tertiary alicyclic amines) is 1. The summed E-state index contributed by atoms with van der Waals surface area (Å²) in [6.45, 7) is 1.87. The van der Waals surface area contributed by atoms with E-state index in [0.29, 0.717) is 27.9 Å². The van der Waals surface area contributed by atoms with Crippen LogP contribution in [0.5, 0.6) is 0 Å². The molecule has 3 heterocycles. The summed E-state index contributed by atoms with van der Waals surface area (Å²) in [5.41, 5.74) is 11.0. The number of nitrogen functional groups attached to an aromatic ring is 1. The maximum absolute atomic E-state index is 13.9. The number of aromatic nitrogens is 2. The Morgan fingerprint density at radius 2 is 1.88 bits per heavy atom. The second kappa shape index (κ2) is 9.29. The number of halogens is 1. The number of nitrogens with two attached hydrogens (primary N) is 1. The minimum Gasteiger partial charge on any atom is -0.398 e. The monoisotopic (exact) mass is 477 g/mol. The molecule has 2 aliphatic rings. The van der Waals surface area contributed by atoms with Gasteiger partial charge < -0.3 is 15.7 Å². The molecule has 6 nitrogen and oxygen atoms in total. The molecule has 2 aliphatic heterocycles. The first kappa shape index (κ1) is 22.7. The van der Waals surface area contributed by atoms with Gasteiger partial charge in [0.15, 0.2) is 5.82 Å². The van der Waals surface area contributed by atoms with E-state index in [9.17, 15) is 9.50 Å². The van der Waals surface area contributed by atoms with Gasteiger partial charge in [0.2, 0.25) is 0 Å². The number of hydrogen-bond acceptors (Lipinski definition) is 6. The largest absolute Gasteiger partial charge is 0.398 e. The van der Waals surface area contributed by atoms with Gasteiger partial charge in [-0.2, -0.15) is 0 Å². The molecule has 1 unspecified atom stereocenters. The van der Waals surface area contributed by atoms with E-state index in [1.54, 1.807) is 12.3 Å². The number of piperidine rings is 1. The third kappa shape index (κ3) is 3.91. The van der Waals surface area contributed by atoms with Crippen molar-refractivity contribution in [1.82, 2.24) is 14.9 Å². The number of benzene rings is 2. The van der Waals surface area contributed by atoms with Crippen LogP contribution < -0.4 is 5.73 Å². The number of hydrogen-bond donors (Lipinski definition) is 2. The normalized spacial score (nSPS) is 23.0. The topological polar surface area (TPSA) is 87.6 Å². The van der Waals surface area contributed by atoms with E-state index in [-0.39, 0.29) is 12.4 Å². The van der Waals surface area contributed by atoms with E-state index >= 15 is 0 Å². The molecule has 0 spiro atoms. The van der Waals surface area contributed by atoms with Gasteiger partial charge >= 0.3 is 0 Å². The summed E-state index contributed by atoms with van der Waals surface area (Å²) < 4.78 is 13.9. The van der Waals surface area contributed by atoms with E-state index in [4.69, 9.17) is 10.7 Å². The molecule has 2 aromatic carbocycles. The Hall–Kier alpha value is -3.07. The fraction of sp³-hybridized carbons (Fsp3) is 0.269. The summed E-state index contributed by atoms with van der Waals surface area (Å²) >= 11 is 0. The Morgan fingerprint density at radius 3 is 2.62 bits per heavy atom. The molecule has 3 N–H and O–H groups in total. The van der Waals surface area contributed by atoms with E-state index in [0.717, 1.165) is 41.4 Å². The summed E-state index contributed by atoms with van der Waals surface area (Å²) in [4.78, 5) is 18.6. The highest BCUT2D eigenvalue weighted by atomic mass is 32.3. The first-order chi connectivity index (χ1) is 16.5. The van der Waals surface area contributed by atoms with Crippen LogP contribution in [0.25, 0.3) is 16.3 Å². The zero-order chi connectivity index (χ0) is 23.7. The minimum atomic E-state index is -1.70. The highest BCUT2D eigenvalue weighted by Crippen LogP contribution is 2.70. The molecule has 0 saturated carbocycles. The number of rotatable bonds is 5. The van der Waals surface area contributed by atoms with Crippen molar-refractivity contribution in [2.24, 2.45) is 4.99 Å². The number of aliphatic hydroxyl groups excluding tert-OH is 1. The van der Waals surface area contributed by atoms with Gasteiger partial charge in [-0.1, -0.05) is 12.1 Å². The summed E-state index contributed by atoms with van der Waals surface area (Å²) in [6.07, 6.45) is 5.70.